The van der Waals surface area contributed by atoms with Crippen molar-refractivity contribution in [3.63, 3.8) is 0 Å². The van der Waals surface area contributed by atoms with Crippen molar-refractivity contribution in [2.24, 2.45) is 5.10 Å². The number of hydrogen-bond donors (Lipinski definition) is 1. The highest BCUT2D eigenvalue weighted by molar-refractivity contribution is 14.1. The van der Waals surface area contributed by atoms with E-state index in [4.69, 9.17) is 9.47 Å². The van der Waals surface area contributed by atoms with Crippen LogP contribution in [0.4, 0.5) is 0 Å². The molecular weight excluding hydrogens is 469 g/mol. The van der Waals surface area contributed by atoms with Crippen LogP contribution in [0.3, 0.4) is 0 Å². The Labute approximate surface area is 176 Å². The van der Waals surface area contributed by atoms with Crippen LogP contribution in [0.2, 0.25) is 0 Å². The Bertz CT molecular complexity index is 960. The van der Waals surface area contributed by atoms with Crippen LogP contribution >= 0.6 is 22.6 Å². The first-order valence-corrected chi connectivity index (χ1v) is 9.52. The van der Waals surface area contributed by atoms with Gasteiger partial charge in [-0.15, -0.1) is 0 Å². The number of nitrogens with zero attached hydrogens (tertiary/aromatic N) is 2. The maximum atomic E-state index is 12.0. The first-order valence-electron chi connectivity index (χ1n) is 8.44. The number of nitrogens with one attached hydrogen (secondary N) is 1. The molecule has 0 aliphatic rings. The Balaban J connectivity index is 1.66. The van der Waals surface area contributed by atoms with Crippen molar-refractivity contribution in [3.8, 4) is 11.5 Å². The Morgan fingerprint density at radius 1 is 1.14 bits per heavy atom. The summed E-state index contributed by atoms with van der Waals surface area (Å²) in [4.78, 5) is 15.9. The Morgan fingerprint density at radius 2 is 1.89 bits per heavy atom. The van der Waals surface area contributed by atoms with Crippen LogP contribution in [-0.2, 0) is 6.61 Å². The van der Waals surface area contributed by atoms with E-state index in [0.717, 1.165) is 26.2 Å². The largest absolute Gasteiger partial charge is 0.496 e. The number of rotatable bonds is 7. The number of pyridine rings is 1. The van der Waals surface area contributed by atoms with E-state index in [2.05, 4.69) is 38.1 Å². The van der Waals surface area contributed by atoms with Gasteiger partial charge < -0.3 is 9.47 Å². The van der Waals surface area contributed by atoms with Crippen LogP contribution in [0, 0.1) is 3.57 Å². The van der Waals surface area contributed by atoms with Gasteiger partial charge in [-0.3, -0.25) is 9.78 Å². The van der Waals surface area contributed by atoms with Gasteiger partial charge in [0.2, 0.25) is 0 Å². The third-order valence-corrected chi connectivity index (χ3v) is 4.55. The number of halogens is 1. The number of carbonyl (C=O) groups excluding carboxylic acids is 1. The van der Waals surface area contributed by atoms with Crippen LogP contribution < -0.4 is 14.9 Å². The highest BCUT2D eigenvalue weighted by atomic mass is 127. The molecule has 1 aromatic heterocycles. The lowest BCUT2D eigenvalue weighted by molar-refractivity contribution is 0.0955. The zero-order chi connectivity index (χ0) is 19.8. The molecule has 1 heterocycles. The maximum absolute atomic E-state index is 12.0. The van der Waals surface area contributed by atoms with Gasteiger partial charge >= 0.3 is 0 Å². The van der Waals surface area contributed by atoms with E-state index in [1.807, 2.05) is 42.5 Å². The van der Waals surface area contributed by atoms with Gasteiger partial charge in [0.05, 0.1) is 13.3 Å². The molecule has 0 atom stereocenters. The second-order valence-electron chi connectivity index (χ2n) is 5.75. The SMILES string of the molecule is COc1ccc(/C=N/NC(=O)c2ccncc2)cc1COc1ccc(I)cc1. The van der Waals surface area contributed by atoms with E-state index in [1.54, 1.807) is 37.9 Å². The normalized spacial score (nSPS) is 10.6. The van der Waals surface area contributed by atoms with Crippen LogP contribution in [0.15, 0.2) is 72.1 Å². The summed E-state index contributed by atoms with van der Waals surface area (Å²) < 4.78 is 12.4. The van der Waals surface area contributed by atoms with Gasteiger partial charge in [0.1, 0.15) is 18.1 Å². The van der Waals surface area contributed by atoms with Crippen molar-refractivity contribution in [1.82, 2.24) is 10.4 Å². The smallest absolute Gasteiger partial charge is 0.271 e. The van der Waals surface area contributed by atoms with Crippen LogP contribution in [-0.4, -0.2) is 24.2 Å². The summed E-state index contributed by atoms with van der Waals surface area (Å²) in [7, 11) is 1.62. The van der Waals surface area contributed by atoms with Crippen molar-refractivity contribution in [3.05, 3.63) is 87.3 Å². The topological polar surface area (TPSA) is 72.8 Å². The van der Waals surface area contributed by atoms with Crippen molar-refractivity contribution < 1.29 is 14.3 Å². The van der Waals surface area contributed by atoms with Crippen molar-refractivity contribution >= 4 is 34.7 Å². The van der Waals surface area contributed by atoms with Gasteiger partial charge in [0, 0.05) is 27.1 Å². The quantitative estimate of drug-likeness (QED) is 0.310. The van der Waals surface area contributed by atoms with E-state index in [0.29, 0.717) is 12.2 Å². The number of methoxy groups -OCH3 is 1. The fraction of sp³-hybridized carbons (Fsp3) is 0.0952. The maximum Gasteiger partial charge on any atom is 0.271 e. The van der Waals surface area contributed by atoms with E-state index in [-0.39, 0.29) is 5.91 Å². The molecule has 3 rings (SSSR count). The third kappa shape index (κ3) is 5.53. The molecule has 0 radical (unpaired) electrons. The number of ether oxygens (including phenoxy) is 2. The second kappa shape index (κ2) is 9.84. The highest BCUT2D eigenvalue weighted by Crippen LogP contribution is 2.22. The first-order chi connectivity index (χ1) is 13.7. The highest BCUT2D eigenvalue weighted by Gasteiger charge is 2.06. The summed E-state index contributed by atoms with van der Waals surface area (Å²) in [5.41, 5.74) is 4.69. The second-order valence-corrected chi connectivity index (χ2v) is 6.99. The van der Waals surface area contributed by atoms with Crippen molar-refractivity contribution in [2.45, 2.75) is 6.61 Å². The first kappa shape index (κ1) is 19.8. The molecule has 1 N–H and O–H groups in total. The summed E-state index contributed by atoms with van der Waals surface area (Å²) in [6, 6.07) is 16.7. The van der Waals surface area contributed by atoms with E-state index in [1.165, 1.54) is 0 Å². The minimum Gasteiger partial charge on any atom is -0.496 e. The van der Waals surface area contributed by atoms with Crippen LogP contribution in [0.1, 0.15) is 21.5 Å². The number of hydrazone groups is 1. The van der Waals surface area contributed by atoms with Crippen LogP contribution in [0.5, 0.6) is 11.5 Å². The molecule has 0 spiro atoms. The van der Waals surface area contributed by atoms with E-state index in [9.17, 15) is 4.79 Å². The minimum atomic E-state index is -0.297. The molecule has 0 saturated carbocycles. The number of aromatic nitrogens is 1. The minimum absolute atomic E-state index is 0.297. The van der Waals surface area contributed by atoms with Gasteiger partial charge in [0.25, 0.3) is 5.91 Å². The molecule has 142 valence electrons. The average Bonchev–Trinajstić information content (AvgIpc) is 2.74. The van der Waals surface area contributed by atoms with Crippen molar-refractivity contribution in [1.29, 1.82) is 0 Å². The molecule has 0 bridgehead atoms. The molecular formula is C21H18IN3O3. The van der Waals surface area contributed by atoms with Gasteiger partial charge in [-0.1, -0.05) is 0 Å². The molecule has 7 heteroatoms. The molecule has 0 unspecified atom stereocenters. The molecule has 3 aromatic rings. The standard InChI is InChI=1S/C21H18IN3O3/c1-27-20-7-2-15(13-24-25-21(26)16-8-10-23-11-9-16)12-17(20)14-28-19-5-3-18(22)4-6-19/h2-13H,14H2,1H3,(H,25,26)/b24-13+. The van der Waals surface area contributed by atoms with E-state index >= 15 is 0 Å². The molecule has 0 aliphatic heterocycles. The lowest BCUT2D eigenvalue weighted by Gasteiger charge is -2.11. The number of benzene rings is 2. The monoisotopic (exact) mass is 487 g/mol. The average molecular weight is 487 g/mol. The Hall–Kier alpha value is -2.94. The number of amides is 1. The molecule has 2 aromatic carbocycles. The predicted molar refractivity (Wildman–Crippen MR) is 116 cm³/mol. The summed E-state index contributed by atoms with van der Waals surface area (Å²) in [6.07, 6.45) is 4.69. The fourth-order valence-corrected chi connectivity index (χ4v) is 2.78. The van der Waals surface area contributed by atoms with E-state index < -0.39 is 0 Å². The molecule has 0 saturated heterocycles. The van der Waals surface area contributed by atoms with Crippen molar-refractivity contribution in [2.75, 3.05) is 7.11 Å². The van der Waals surface area contributed by atoms with Gasteiger partial charge in [-0.2, -0.15) is 5.10 Å². The number of carbonyl (C=O) groups is 1. The molecule has 0 aliphatic carbocycles. The fourth-order valence-electron chi connectivity index (χ4n) is 2.42. The lowest BCUT2D eigenvalue weighted by Crippen LogP contribution is -2.17. The number of hydrogen-bond acceptors (Lipinski definition) is 5. The zero-order valence-corrected chi connectivity index (χ0v) is 17.3. The molecule has 6 nitrogen and oxygen atoms in total. The predicted octanol–water partition coefficient (Wildman–Crippen LogP) is 4.04. The lowest BCUT2D eigenvalue weighted by atomic mass is 10.1. The molecule has 28 heavy (non-hydrogen) atoms. The van der Waals surface area contributed by atoms with Crippen LogP contribution in [0.25, 0.3) is 0 Å². The third-order valence-electron chi connectivity index (χ3n) is 3.83. The summed E-state index contributed by atoms with van der Waals surface area (Å²) in [5, 5.41) is 4.02. The van der Waals surface area contributed by atoms with Gasteiger partial charge in [0.15, 0.2) is 0 Å². The zero-order valence-electron chi connectivity index (χ0n) is 15.1. The summed E-state index contributed by atoms with van der Waals surface area (Å²) in [6.45, 7) is 0.356. The van der Waals surface area contributed by atoms with Gasteiger partial charge in [-0.05, 0) is 82.8 Å². The summed E-state index contributed by atoms with van der Waals surface area (Å²) >= 11 is 2.25. The Kier molecular flexibility index (Phi) is 6.96. The molecule has 1 amide bonds. The molecule has 0 fully saturated rings. The Morgan fingerprint density at radius 3 is 2.61 bits per heavy atom. The van der Waals surface area contributed by atoms with Gasteiger partial charge in [-0.25, -0.2) is 5.43 Å². The summed E-state index contributed by atoms with van der Waals surface area (Å²) in [5.74, 6) is 1.21.